The van der Waals surface area contributed by atoms with Crippen LogP contribution in [0, 0.1) is 6.92 Å². The van der Waals surface area contributed by atoms with E-state index >= 15 is 0 Å². The van der Waals surface area contributed by atoms with E-state index in [1.807, 2.05) is 12.1 Å². The minimum Gasteiger partial charge on any atom is -0.247 e. The molecule has 0 N–H and O–H groups in total. The highest BCUT2D eigenvalue weighted by atomic mass is 79.9. The number of aryl methyl sites for hydroxylation is 1. The number of rotatable bonds is 1. The summed E-state index contributed by atoms with van der Waals surface area (Å²) in [5.74, 6) is 0. The topological polar surface area (TPSA) is 12.9 Å². The van der Waals surface area contributed by atoms with Crippen LogP contribution in [0.3, 0.4) is 0 Å². The summed E-state index contributed by atoms with van der Waals surface area (Å²) >= 11 is 5.31. The van der Waals surface area contributed by atoms with E-state index in [4.69, 9.17) is 4.98 Å². The molecule has 0 spiro atoms. The summed E-state index contributed by atoms with van der Waals surface area (Å²) in [5.41, 5.74) is 3.26. The van der Waals surface area contributed by atoms with Gasteiger partial charge >= 0.3 is 0 Å². The van der Waals surface area contributed by atoms with Gasteiger partial charge in [-0.2, -0.15) is 0 Å². The van der Waals surface area contributed by atoms with E-state index in [1.54, 1.807) is 11.3 Å². The first-order valence-corrected chi connectivity index (χ1v) is 7.02. The van der Waals surface area contributed by atoms with Gasteiger partial charge in [0.1, 0.15) is 0 Å². The highest BCUT2D eigenvalue weighted by Crippen LogP contribution is 2.28. The molecule has 0 radical (unpaired) electrons. The fourth-order valence-corrected chi connectivity index (χ4v) is 3.02. The standard InChI is InChI=1S/C14H10BrNS/c1-9-7-11(8-17-9)13-6-5-10-3-2-4-12(15)14(10)16-13/h2-8H,1H3. The van der Waals surface area contributed by atoms with Gasteiger partial charge in [0.15, 0.2) is 0 Å². The molecular weight excluding hydrogens is 294 g/mol. The van der Waals surface area contributed by atoms with Crippen molar-refractivity contribution in [1.29, 1.82) is 0 Å². The molecule has 1 nitrogen and oxygen atoms in total. The molecular formula is C14H10BrNS. The van der Waals surface area contributed by atoms with Crippen LogP contribution in [-0.4, -0.2) is 4.98 Å². The van der Waals surface area contributed by atoms with Gasteiger partial charge in [-0.05, 0) is 41.1 Å². The highest BCUT2D eigenvalue weighted by Gasteiger charge is 2.05. The van der Waals surface area contributed by atoms with Crippen LogP contribution >= 0.6 is 27.3 Å². The van der Waals surface area contributed by atoms with Gasteiger partial charge in [0.05, 0.1) is 11.2 Å². The first-order valence-electron chi connectivity index (χ1n) is 5.35. The molecule has 0 atom stereocenters. The lowest BCUT2D eigenvalue weighted by molar-refractivity contribution is 1.40. The Morgan fingerprint density at radius 3 is 2.82 bits per heavy atom. The average Bonchev–Trinajstić information content (AvgIpc) is 2.76. The van der Waals surface area contributed by atoms with Crippen LogP contribution in [0.2, 0.25) is 0 Å². The molecule has 0 aliphatic heterocycles. The largest absolute Gasteiger partial charge is 0.247 e. The van der Waals surface area contributed by atoms with Crippen molar-refractivity contribution in [3.8, 4) is 11.3 Å². The summed E-state index contributed by atoms with van der Waals surface area (Å²) in [7, 11) is 0. The number of nitrogens with zero attached hydrogens (tertiary/aromatic N) is 1. The Morgan fingerprint density at radius 2 is 2.06 bits per heavy atom. The monoisotopic (exact) mass is 303 g/mol. The maximum Gasteiger partial charge on any atom is 0.0851 e. The first-order chi connectivity index (χ1) is 8.24. The fraction of sp³-hybridized carbons (Fsp3) is 0.0714. The molecule has 3 heteroatoms. The average molecular weight is 304 g/mol. The van der Waals surface area contributed by atoms with Gasteiger partial charge in [0.25, 0.3) is 0 Å². The molecule has 0 saturated heterocycles. The van der Waals surface area contributed by atoms with E-state index in [2.05, 4.69) is 52.5 Å². The van der Waals surface area contributed by atoms with Gasteiger partial charge in [0.2, 0.25) is 0 Å². The maximum atomic E-state index is 4.72. The van der Waals surface area contributed by atoms with E-state index in [1.165, 1.54) is 10.4 Å². The van der Waals surface area contributed by atoms with Gasteiger partial charge < -0.3 is 0 Å². The predicted octanol–water partition coefficient (Wildman–Crippen LogP) is 5.03. The number of thiophene rings is 1. The number of aromatic nitrogens is 1. The van der Waals surface area contributed by atoms with Crippen LogP contribution in [0.5, 0.6) is 0 Å². The number of para-hydroxylation sites is 1. The van der Waals surface area contributed by atoms with Crippen molar-refractivity contribution in [3.63, 3.8) is 0 Å². The summed E-state index contributed by atoms with van der Waals surface area (Å²) < 4.78 is 1.05. The highest BCUT2D eigenvalue weighted by molar-refractivity contribution is 9.10. The number of benzene rings is 1. The fourth-order valence-electron chi connectivity index (χ4n) is 1.85. The normalized spacial score (nSPS) is 10.9. The molecule has 0 fully saturated rings. The Bertz CT molecular complexity index is 688. The predicted molar refractivity (Wildman–Crippen MR) is 77.5 cm³/mol. The van der Waals surface area contributed by atoms with Crippen LogP contribution < -0.4 is 0 Å². The van der Waals surface area contributed by atoms with Crippen molar-refractivity contribution in [2.45, 2.75) is 6.92 Å². The lowest BCUT2D eigenvalue weighted by atomic mass is 10.1. The van der Waals surface area contributed by atoms with E-state index in [-0.39, 0.29) is 0 Å². The van der Waals surface area contributed by atoms with Gasteiger partial charge in [-0.3, -0.25) is 0 Å². The SMILES string of the molecule is Cc1cc(-c2ccc3cccc(Br)c3n2)cs1. The molecule has 84 valence electrons. The second-order valence-electron chi connectivity index (χ2n) is 3.95. The lowest BCUT2D eigenvalue weighted by Gasteiger charge is -2.02. The Kier molecular flexibility index (Phi) is 2.73. The van der Waals surface area contributed by atoms with E-state index in [9.17, 15) is 0 Å². The number of halogens is 1. The number of hydrogen-bond donors (Lipinski definition) is 0. The van der Waals surface area contributed by atoms with Crippen molar-refractivity contribution < 1.29 is 0 Å². The molecule has 0 saturated carbocycles. The van der Waals surface area contributed by atoms with Crippen molar-refractivity contribution >= 4 is 38.2 Å². The maximum absolute atomic E-state index is 4.72. The van der Waals surface area contributed by atoms with E-state index < -0.39 is 0 Å². The molecule has 17 heavy (non-hydrogen) atoms. The molecule has 2 heterocycles. The number of pyridine rings is 1. The number of hydrogen-bond acceptors (Lipinski definition) is 2. The Hall–Kier alpha value is -1.19. The summed E-state index contributed by atoms with van der Waals surface area (Å²) in [4.78, 5) is 6.03. The van der Waals surface area contributed by atoms with Crippen LogP contribution in [0.15, 0.2) is 46.3 Å². The molecule has 0 aliphatic rings. The summed E-state index contributed by atoms with van der Waals surface area (Å²) in [6.45, 7) is 2.12. The second kappa shape index (κ2) is 4.24. The lowest BCUT2D eigenvalue weighted by Crippen LogP contribution is -1.84. The van der Waals surface area contributed by atoms with Gasteiger partial charge in [0, 0.05) is 25.7 Å². The third kappa shape index (κ3) is 2.01. The van der Waals surface area contributed by atoms with Crippen LogP contribution in [0.1, 0.15) is 4.88 Å². The van der Waals surface area contributed by atoms with E-state index in [0.717, 1.165) is 21.1 Å². The molecule has 0 bridgehead atoms. The summed E-state index contributed by atoms with van der Waals surface area (Å²) in [6, 6.07) is 12.5. The third-order valence-corrected chi connectivity index (χ3v) is 4.20. The zero-order chi connectivity index (χ0) is 11.8. The molecule has 3 rings (SSSR count). The summed E-state index contributed by atoms with van der Waals surface area (Å²) in [6.07, 6.45) is 0. The van der Waals surface area contributed by atoms with Crippen molar-refractivity contribution in [2.75, 3.05) is 0 Å². The van der Waals surface area contributed by atoms with Crippen LogP contribution in [-0.2, 0) is 0 Å². The zero-order valence-electron chi connectivity index (χ0n) is 9.27. The quantitative estimate of drug-likeness (QED) is 0.614. The number of fused-ring (bicyclic) bond motifs is 1. The summed E-state index contributed by atoms with van der Waals surface area (Å²) in [5, 5.41) is 3.32. The van der Waals surface area contributed by atoms with Crippen molar-refractivity contribution in [2.24, 2.45) is 0 Å². The van der Waals surface area contributed by atoms with Gasteiger partial charge in [-0.1, -0.05) is 18.2 Å². The zero-order valence-corrected chi connectivity index (χ0v) is 11.7. The molecule has 0 amide bonds. The third-order valence-electron chi connectivity index (χ3n) is 2.70. The minimum absolute atomic E-state index is 1.02. The first kappa shape index (κ1) is 10.9. The van der Waals surface area contributed by atoms with Gasteiger partial charge in [-0.25, -0.2) is 4.98 Å². The van der Waals surface area contributed by atoms with Crippen LogP contribution in [0.4, 0.5) is 0 Å². The molecule has 2 aromatic heterocycles. The van der Waals surface area contributed by atoms with Crippen molar-refractivity contribution in [3.05, 3.63) is 51.1 Å². The molecule has 1 aromatic carbocycles. The van der Waals surface area contributed by atoms with Crippen LogP contribution in [0.25, 0.3) is 22.2 Å². The smallest absolute Gasteiger partial charge is 0.0851 e. The Morgan fingerprint density at radius 1 is 1.18 bits per heavy atom. The Balaban J connectivity index is 2.22. The molecule has 3 aromatic rings. The molecule has 0 unspecified atom stereocenters. The van der Waals surface area contributed by atoms with Crippen molar-refractivity contribution in [1.82, 2.24) is 4.98 Å². The van der Waals surface area contributed by atoms with Gasteiger partial charge in [-0.15, -0.1) is 11.3 Å². The molecule has 0 aliphatic carbocycles. The minimum atomic E-state index is 1.02. The Labute approximate surface area is 112 Å². The second-order valence-corrected chi connectivity index (χ2v) is 5.92. The van der Waals surface area contributed by atoms with E-state index in [0.29, 0.717) is 0 Å².